The van der Waals surface area contributed by atoms with Crippen LogP contribution in [-0.2, 0) is 0 Å². The number of aromatic nitrogens is 1. The molecule has 0 saturated carbocycles. The van der Waals surface area contributed by atoms with Crippen LogP contribution in [0.1, 0.15) is 22.5 Å². The lowest BCUT2D eigenvalue weighted by Gasteiger charge is -2.08. The van der Waals surface area contributed by atoms with Gasteiger partial charge in [-0.2, -0.15) is 0 Å². The summed E-state index contributed by atoms with van der Waals surface area (Å²) in [6.45, 7) is 3.22. The fraction of sp³-hybridized carbons (Fsp3) is 0.333. The summed E-state index contributed by atoms with van der Waals surface area (Å²) in [5.41, 5.74) is 1.71. The molecule has 0 aliphatic carbocycles. The molecule has 0 fully saturated rings. The van der Waals surface area contributed by atoms with Gasteiger partial charge in [-0.3, -0.25) is 9.78 Å². The number of amides is 1. The van der Waals surface area contributed by atoms with Crippen molar-refractivity contribution in [1.29, 1.82) is 0 Å². The maximum atomic E-state index is 13.1. The number of fused-ring (bicyclic) bond motifs is 1. The molecule has 0 aliphatic heterocycles. The highest BCUT2D eigenvalue weighted by atomic mass is 19.1. The minimum Gasteiger partial charge on any atom is -0.352 e. The SMILES string of the molecule is CNCCCNC(=O)c1cc2ccc(F)cc2nc1C. The summed E-state index contributed by atoms with van der Waals surface area (Å²) in [6.07, 6.45) is 0.869. The molecule has 0 unspecified atom stereocenters. The number of benzene rings is 1. The molecular formula is C15H18FN3O. The lowest BCUT2D eigenvalue weighted by molar-refractivity contribution is 0.0952. The van der Waals surface area contributed by atoms with E-state index in [1.807, 2.05) is 7.05 Å². The van der Waals surface area contributed by atoms with Crippen LogP contribution in [0.2, 0.25) is 0 Å². The van der Waals surface area contributed by atoms with Gasteiger partial charge in [-0.1, -0.05) is 0 Å². The van der Waals surface area contributed by atoms with Crippen molar-refractivity contribution < 1.29 is 9.18 Å². The summed E-state index contributed by atoms with van der Waals surface area (Å²) < 4.78 is 13.1. The highest BCUT2D eigenvalue weighted by Gasteiger charge is 2.11. The third kappa shape index (κ3) is 3.30. The molecule has 0 saturated heterocycles. The molecule has 106 valence electrons. The van der Waals surface area contributed by atoms with Gasteiger partial charge >= 0.3 is 0 Å². The smallest absolute Gasteiger partial charge is 0.253 e. The predicted octanol–water partition coefficient (Wildman–Crippen LogP) is 2.02. The average Bonchev–Trinajstić information content (AvgIpc) is 2.42. The second-order valence-corrected chi connectivity index (χ2v) is 4.67. The van der Waals surface area contributed by atoms with Crippen LogP contribution in [0.15, 0.2) is 24.3 Å². The molecule has 0 bridgehead atoms. The first kappa shape index (κ1) is 14.4. The number of nitrogens with one attached hydrogen (secondary N) is 2. The highest BCUT2D eigenvalue weighted by Crippen LogP contribution is 2.17. The van der Waals surface area contributed by atoms with E-state index in [1.165, 1.54) is 12.1 Å². The molecule has 20 heavy (non-hydrogen) atoms. The molecule has 2 aromatic rings. The van der Waals surface area contributed by atoms with Crippen LogP contribution in [0, 0.1) is 12.7 Å². The van der Waals surface area contributed by atoms with E-state index in [0.29, 0.717) is 23.3 Å². The maximum Gasteiger partial charge on any atom is 0.253 e. The molecule has 4 nitrogen and oxygen atoms in total. The van der Waals surface area contributed by atoms with Crippen LogP contribution in [0.3, 0.4) is 0 Å². The second kappa shape index (κ2) is 6.43. The van der Waals surface area contributed by atoms with Crippen molar-refractivity contribution >= 4 is 16.8 Å². The Balaban J connectivity index is 2.19. The molecular weight excluding hydrogens is 257 g/mol. The van der Waals surface area contributed by atoms with E-state index in [1.54, 1.807) is 19.1 Å². The van der Waals surface area contributed by atoms with Gasteiger partial charge in [0.15, 0.2) is 0 Å². The Bertz CT molecular complexity index is 628. The molecule has 1 heterocycles. The Morgan fingerprint density at radius 3 is 2.85 bits per heavy atom. The second-order valence-electron chi connectivity index (χ2n) is 4.67. The molecule has 0 spiro atoms. The summed E-state index contributed by atoms with van der Waals surface area (Å²) in [4.78, 5) is 16.4. The molecule has 1 aromatic heterocycles. The number of carbonyl (C=O) groups is 1. The van der Waals surface area contributed by atoms with Gasteiger partial charge in [0.2, 0.25) is 0 Å². The molecule has 2 N–H and O–H groups in total. The van der Waals surface area contributed by atoms with Gasteiger partial charge in [0.1, 0.15) is 5.82 Å². The summed E-state index contributed by atoms with van der Waals surface area (Å²) in [5, 5.41) is 6.64. The number of aryl methyl sites for hydroxylation is 1. The van der Waals surface area contributed by atoms with Crippen LogP contribution in [0.4, 0.5) is 4.39 Å². The van der Waals surface area contributed by atoms with Gasteiger partial charge in [0.25, 0.3) is 5.91 Å². The predicted molar refractivity (Wildman–Crippen MR) is 77.3 cm³/mol. The van der Waals surface area contributed by atoms with Crippen LogP contribution in [0.25, 0.3) is 10.9 Å². The van der Waals surface area contributed by atoms with Gasteiger partial charge in [0.05, 0.1) is 16.8 Å². The number of pyridine rings is 1. The molecule has 0 radical (unpaired) electrons. The van der Waals surface area contributed by atoms with Gasteiger partial charge in [-0.25, -0.2) is 4.39 Å². The lowest BCUT2D eigenvalue weighted by Crippen LogP contribution is -2.27. The number of carbonyl (C=O) groups excluding carboxylic acids is 1. The molecule has 0 atom stereocenters. The van der Waals surface area contributed by atoms with E-state index in [0.717, 1.165) is 18.4 Å². The normalized spacial score (nSPS) is 10.8. The Morgan fingerprint density at radius 1 is 1.30 bits per heavy atom. The van der Waals surface area contributed by atoms with E-state index in [-0.39, 0.29) is 11.7 Å². The zero-order valence-corrected chi connectivity index (χ0v) is 11.7. The fourth-order valence-electron chi connectivity index (χ4n) is 2.03. The Morgan fingerprint density at radius 2 is 2.10 bits per heavy atom. The fourth-order valence-corrected chi connectivity index (χ4v) is 2.03. The third-order valence-electron chi connectivity index (χ3n) is 3.10. The van der Waals surface area contributed by atoms with Crippen molar-refractivity contribution in [2.75, 3.05) is 20.1 Å². The van der Waals surface area contributed by atoms with E-state index in [4.69, 9.17) is 0 Å². The van der Waals surface area contributed by atoms with E-state index in [9.17, 15) is 9.18 Å². The molecule has 5 heteroatoms. The first-order valence-corrected chi connectivity index (χ1v) is 6.61. The molecule has 2 rings (SSSR count). The Kier molecular flexibility index (Phi) is 4.63. The van der Waals surface area contributed by atoms with Crippen molar-refractivity contribution in [1.82, 2.24) is 15.6 Å². The molecule has 1 aromatic carbocycles. The van der Waals surface area contributed by atoms with Crippen molar-refractivity contribution in [2.24, 2.45) is 0 Å². The first-order chi connectivity index (χ1) is 9.61. The first-order valence-electron chi connectivity index (χ1n) is 6.61. The monoisotopic (exact) mass is 275 g/mol. The number of hydrogen-bond acceptors (Lipinski definition) is 3. The number of rotatable bonds is 5. The standard InChI is InChI=1S/C15H18FN3O/c1-10-13(15(20)18-7-3-6-17-2)8-11-4-5-12(16)9-14(11)19-10/h4-5,8-9,17H,3,6-7H2,1-2H3,(H,18,20). The maximum absolute atomic E-state index is 13.1. The van der Waals surface area contributed by atoms with E-state index >= 15 is 0 Å². The zero-order chi connectivity index (χ0) is 14.5. The molecule has 0 aliphatic rings. The average molecular weight is 275 g/mol. The van der Waals surface area contributed by atoms with Crippen LogP contribution >= 0.6 is 0 Å². The summed E-state index contributed by atoms with van der Waals surface area (Å²) in [5.74, 6) is -0.467. The van der Waals surface area contributed by atoms with Crippen molar-refractivity contribution in [3.8, 4) is 0 Å². The van der Waals surface area contributed by atoms with E-state index in [2.05, 4.69) is 15.6 Å². The third-order valence-corrected chi connectivity index (χ3v) is 3.10. The summed E-state index contributed by atoms with van der Waals surface area (Å²) in [7, 11) is 1.87. The lowest BCUT2D eigenvalue weighted by atomic mass is 10.1. The topological polar surface area (TPSA) is 54.0 Å². The van der Waals surface area contributed by atoms with Gasteiger partial charge in [-0.15, -0.1) is 0 Å². The Hall–Kier alpha value is -2.01. The quantitative estimate of drug-likeness (QED) is 0.821. The number of nitrogens with zero attached hydrogens (tertiary/aromatic N) is 1. The van der Waals surface area contributed by atoms with Crippen molar-refractivity contribution in [2.45, 2.75) is 13.3 Å². The van der Waals surface area contributed by atoms with Crippen molar-refractivity contribution in [3.05, 3.63) is 41.3 Å². The number of hydrogen-bond donors (Lipinski definition) is 2. The largest absolute Gasteiger partial charge is 0.352 e. The van der Waals surface area contributed by atoms with E-state index < -0.39 is 0 Å². The number of halogens is 1. The molecule has 1 amide bonds. The van der Waals surface area contributed by atoms with Gasteiger partial charge in [-0.05, 0) is 45.1 Å². The minimum absolute atomic E-state index is 0.141. The zero-order valence-electron chi connectivity index (χ0n) is 11.7. The summed E-state index contributed by atoms with van der Waals surface area (Å²) >= 11 is 0. The summed E-state index contributed by atoms with van der Waals surface area (Å²) in [6, 6.07) is 6.13. The van der Waals surface area contributed by atoms with Crippen LogP contribution in [0.5, 0.6) is 0 Å². The van der Waals surface area contributed by atoms with Gasteiger partial charge < -0.3 is 10.6 Å². The van der Waals surface area contributed by atoms with Crippen LogP contribution < -0.4 is 10.6 Å². The Labute approximate surface area is 117 Å². The van der Waals surface area contributed by atoms with Gasteiger partial charge in [0, 0.05) is 18.0 Å². The van der Waals surface area contributed by atoms with Crippen LogP contribution in [-0.4, -0.2) is 31.0 Å². The highest BCUT2D eigenvalue weighted by molar-refractivity contribution is 5.98. The van der Waals surface area contributed by atoms with Crippen molar-refractivity contribution in [3.63, 3.8) is 0 Å². The minimum atomic E-state index is -0.325.